The van der Waals surface area contributed by atoms with Crippen LogP contribution in [0.25, 0.3) is 0 Å². The molecule has 1 aromatic rings. The lowest BCUT2D eigenvalue weighted by Gasteiger charge is -2.36. The Labute approximate surface area is 120 Å². The monoisotopic (exact) mass is 277 g/mol. The Morgan fingerprint density at radius 1 is 1.50 bits per heavy atom. The zero-order valence-corrected chi connectivity index (χ0v) is 12.2. The molecule has 2 atom stereocenters. The second-order valence-electron chi connectivity index (χ2n) is 5.58. The number of aryl methyl sites for hydroxylation is 1. The summed E-state index contributed by atoms with van der Waals surface area (Å²) >= 11 is 0. The molecule has 1 heterocycles. The lowest BCUT2D eigenvalue weighted by molar-refractivity contribution is -0.139. The van der Waals surface area contributed by atoms with Gasteiger partial charge in [0, 0.05) is 20.2 Å². The smallest absolute Gasteiger partial charge is 0.248 e. The van der Waals surface area contributed by atoms with Crippen molar-refractivity contribution < 1.29 is 14.6 Å². The maximum atomic E-state index is 11.7. The van der Waals surface area contributed by atoms with Crippen molar-refractivity contribution in [3.8, 4) is 0 Å². The number of nitrogens with zero attached hydrogens (tertiary/aromatic N) is 1. The van der Waals surface area contributed by atoms with E-state index >= 15 is 0 Å². The van der Waals surface area contributed by atoms with Gasteiger partial charge in [0.15, 0.2) is 0 Å². The molecule has 1 aromatic carbocycles. The molecule has 0 aromatic heterocycles. The molecule has 110 valence electrons. The Kier molecular flexibility index (Phi) is 5.15. The molecule has 0 unspecified atom stereocenters. The maximum Gasteiger partial charge on any atom is 0.248 e. The predicted octanol–water partition coefficient (Wildman–Crippen LogP) is 1.39. The summed E-state index contributed by atoms with van der Waals surface area (Å²) in [6, 6.07) is 8.39. The fourth-order valence-electron chi connectivity index (χ4n) is 2.80. The molecule has 1 fully saturated rings. The number of ether oxygens (including phenoxy) is 1. The van der Waals surface area contributed by atoms with Gasteiger partial charge in [-0.2, -0.15) is 0 Å². The molecule has 20 heavy (non-hydrogen) atoms. The van der Waals surface area contributed by atoms with Crippen LogP contribution in [0.5, 0.6) is 0 Å². The van der Waals surface area contributed by atoms with Gasteiger partial charge < -0.3 is 14.7 Å². The average molecular weight is 277 g/mol. The minimum absolute atomic E-state index is 0.0412. The number of amides is 1. The van der Waals surface area contributed by atoms with Gasteiger partial charge in [-0.1, -0.05) is 29.8 Å². The summed E-state index contributed by atoms with van der Waals surface area (Å²) in [5.74, 6) is 0.184. The number of methoxy groups -OCH3 is 1. The van der Waals surface area contributed by atoms with E-state index in [1.807, 2.05) is 6.07 Å². The second kappa shape index (κ2) is 6.86. The lowest BCUT2D eigenvalue weighted by Crippen LogP contribution is -2.48. The first-order chi connectivity index (χ1) is 9.60. The van der Waals surface area contributed by atoms with Crippen LogP contribution in [0.2, 0.25) is 0 Å². The number of carbonyl (C=O) groups is 1. The van der Waals surface area contributed by atoms with Crippen molar-refractivity contribution in [3.05, 3.63) is 35.4 Å². The highest BCUT2D eigenvalue weighted by atomic mass is 16.5. The summed E-state index contributed by atoms with van der Waals surface area (Å²) < 4.78 is 4.85. The van der Waals surface area contributed by atoms with E-state index in [4.69, 9.17) is 4.74 Å². The first-order valence-corrected chi connectivity index (χ1v) is 7.10. The molecule has 4 nitrogen and oxygen atoms in total. The van der Waals surface area contributed by atoms with Crippen LogP contribution < -0.4 is 0 Å². The third-order valence-corrected chi connectivity index (χ3v) is 3.92. The third kappa shape index (κ3) is 3.81. The number of likely N-dealkylation sites (tertiary alicyclic amines) is 1. The van der Waals surface area contributed by atoms with Gasteiger partial charge in [0.1, 0.15) is 6.61 Å². The predicted molar refractivity (Wildman–Crippen MR) is 77.5 cm³/mol. The molecule has 4 heteroatoms. The van der Waals surface area contributed by atoms with Crippen molar-refractivity contribution in [3.63, 3.8) is 0 Å². The van der Waals surface area contributed by atoms with E-state index in [-0.39, 0.29) is 18.4 Å². The molecule has 2 rings (SSSR count). The van der Waals surface area contributed by atoms with Crippen molar-refractivity contribution in [1.29, 1.82) is 0 Å². The number of aliphatic hydroxyl groups is 1. The Morgan fingerprint density at radius 2 is 2.30 bits per heavy atom. The van der Waals surface area contributed by atoms with Crippen molar-refractivity contribution in [2.45, 2.75) is 25.9 Å². The summed E-state index contributed by atoms with van der Waals surface area (Å²) in [5.41, 5.74) is 2.50. The van der Waals surface area contributed by atoms with E-state index in [1.165, 1.54) is 18.2 Å². The molecule has 1 aliphatic heterocycles. The van der Waals surface area contributed by atoms with E-state index in [0.29, 0.717) is 13.1 Å². The Hall–Kier alpha value is -1.39. The quantitative estimate of drug-likeness (QED) is 0.905. The first-order valence-electron chi connectivity index (χ1n) is 7.10. The molecule has 1 aliphatic rings. The standard InChI is InChI=1S/C16H23NO3/c1-12-4-3-5-13(8-12)9-14-6-7-17(10-15(14)18)16(19)11-20-2/h3-5,8,14-15,18H,6-7,9-11H2,1-2H3/t14-,15-/m1/s1. The van der Waals surface area contributed by atoms with E-state index in [0.717, 1.165) is 12.8 Å². The number of carbonyl (C=O) groups excluding carboxylic acids is 1. The SMILES string of the molecule is COCC(=O)N1CC[C@H](Cc2cccc(C)c2)[C@H](O)C1. The first kappa shape index (κ1) is 15.0. The third-order valence-electron chi connectivity index (χ3n) is 3.92. The number of hydrogen-bond acceptors (Lipinski definition) is 3. The van der Waals surface area contributed by atoms with E-state index in [1.54, 1.807) is 4.90 Å². The van der Waals surface area contributed by atoms with Gasteiger partial charge in [-0.05, 0) is 31.2 Å². The van der Waals surface area contributed by atoms with E-state index in [2.05, 4.69) is 25.1 Å². The van der Waals surface area contributed by atoms with Crippen LogP contribution in [-0.2, 0) is 16.0 Å². The summed E-state index contributed by atoms with van der Waals surface area (Å²) in [6.07, 6.45) is 1.25. The van der Waals surface area contributed by atoms with Gasteiger partial charge in [0.2, 0.25) is 5.91 Å². The summed E-state index contributed by atoms with van der Waals surface area (Å²) in [7, 11) is 1.51. The number of aliphatic hydroxyl groups excluding tert-OH is 1. The van der Waals surface area contributed by atoms with Crippen LogP contribution in [0.3, 0.4) is 0 Å². The normalized spacial score (nSPS) is 22.9. The summed E-state index contributed by atoms with van der Waals surface area (Å²) in [6.45, 7) is 3.29. The molecule has 0 spiro atoms. The largest absolute Gasteiger partial charge is 0.391 e. The molecule has 1 saturated heterocycles. The molecule has 0 radical (unpaired) electrons. The number of β-amino-alcohol motifs (C(OH)–C–C–N with tert-alkyl or cyclic N) is 1. The molecule has 0 saturated carbocycles. The highest BCUT2D eigenvalue weighted by Crippen LogP contribution is 2.22. The van der Waals surface area contributed by atoms with Gasteiger partial charge in [-0.3, -0.25) is 4.79 Å². The van der Waals surface area contributed by atoms with Crippen LogP contribution >= 0.6 is 0 Å². The number of benzene rings is 1. The Balaban J connectivity index is 1.91. The minimum Gasteiger partial charge on any atom is -0.391 e. The van der Waals surface area contributed by atoms with Crippen molar-refractivity contribution in [1.82, 2.24) is 4.90 Å². The van der Waals surface area contributed by atoms with Crippen LogP contribution in [0, 0.1) is 12.8 Å². The van der Waals surface area contributed by atoms with Crippen LogP contribution in [-0.4, -0.2) is 48.8 Å². The lowest BCUT2D eigenvalue weighted by atomic mass is 9.87. The highest BCUT2D eigenvalue weighted by Gasteiger charge is 2.29. The Bertz CT molecular complexity index is 461. The van der Waals surface area contributed by atoms with Crippen molar-refractivity contribution in [2.24, 2.45) is 5.92 Å². The zero-order valence-electron chi connectivity index (χ0n) is 12.2. The topological polar surface area (TPSA) is 49.8 Å². The number of hydrogen-bond donors (Lipinski definition) is 1. The minimum atomic E-state index is -0.454. The number of rotatable bonds is 4. The zero-order chi connectivity index (χ0) is 14.5. The van der Waals surface area contributed by atoms with E-state index < -0.39 is 6.10 Å². The molecular weight excluding hydrogens is 254 g/mol. The van der Waals surface area contributed by atoms with Crippen molar-refractivity contribution >= 4 is 5.91 Å². The molecule has 0 aliphatic carbocycles. The Morgan fingerprint density at radius 3 is 2.95 bits per heavy atom. The molecule has 1 amide bonds. The summed E-state index contributed by atoms with van der Waals surface area (Å²) in [4.78, 5) is 13.4. The van der Waals surface area contributed by atoms with Gasteiger partial charge in [-0.15, -0.1) is 0 Å². The van der Waals surface area contributed by atoms with Gasteiger partial charge in [0.05, 0.1) is 6.10 Å². The second-order valence-corrected chi connectivity index (χ2v) is 5.58. The van der Waals surface area contributed by atoms with Gasteiger partial charge in [-0.25, -0.2) is 0 Å². The molecule has 0 bridgehead atoms. The van der Waals surface area contributed by atoms with Crippen LogP contribution in [0.15, 0.2) is 24.3 Å². The van der Waals surface area contributed by atoms with Gasteiger partial charge >= 0.3 is 0 Å². The highest BCUT2D eigenvalue weighted by molar-refractivity contribution is 5.77. The van der Waals surface area contributed by atoms with Crippen LogP contribution in [0.4, 0.5) is 0 Å². The molecule has 1 N–H and O–H groups in total. The fourth-order valence-corrected chi connectivity index (χ4v) is 2.80. The summed E-state index contributed by atoms with van der Waals surface area (Å²) in [5, 5.41) is 10.3. The van der Waals surface area contributed by atoms with E-state index in [9.17, 15) is 9.90 Å². The van der Waals surface area contributed by atoms with Crippen LogP contribution in [0.1, 0.15) is 17.5 Å². The molecular formula is C16H23NO3. The van der Waals surface area contributed by atoms with Gasteiger partial charge in [0.25, 0.3) is 0 Å². The average Bonchev–Trinajstić information content (AvgIpc) is 2.41. The maximum absolute atomic E-state index is 11.7. The fraction of sp³-hybridized carbons (Fsp3) is 0.562. The number of piperidine rings is 1. The van der Waals surface area contributed by atoms with Crippen molar-refractivity contribution in [2.75, 3.05) is 26.8 Å².